The Balaban J connectivity index is 2.58. The van der Waals surface area contributed by atoms with Crippen molar-refractivity contribution in [1.82, 2.24) is 20.8 Å². The summed E-state index contributed by atoms with van der Waals surface area (Å²) in [6, 6.07) is 1.90. The Kier molecular flexibility index (Phi) is 7.82. The molecular formula is C15H29N5O. The fourth-order valence-corrected chi connectivity index (χ4v) is 2.36. The number of hydrogen-bond acceptors (Lipinski definition) is 3. The third kappa shape index (κ3) is 6.62. The number of nitrogens with one attached hydrogen (secondary N) is 3. The summed E-state index contributed by atoms with van der Waals surface area (Å²) in [5, 5.41) is 23.9. The van der Waals surface area contributed by atoms with Crippen LogP contribution in [0.15, 0.2) is 17.3 Å². The van der Waals surface area contributed by atoms with Crippen LogP contribution in [0.3, 0.4) is 0 Å². The van der Waals surface area contributed by atoms with Gasteiger partial charge in [-0.2, -0.15) is 5.10 Å². The van der Waals surface area contributed by atoms with E-state index in [9.17, 15) is 5.11 Å². The third-order valence-corrected chi connectivity index (χ3v) is 3.33. The number of aromatic amines is 1. The summed E-state index contributed by atoms with van der Waals surface area (Å²) in [4.78, 5) is 4.49. The summed E-state index contributed by atoms with van der Waals surface area (Å²) >= 11 is 0. The lowest BCUT2D eigenvalue weighted by atomic mass is 9.93. The standard InChI is InChI=1S/C15H29N5O/c1-4-8-15(21,9-5-2)12-18-14(16-6-3)17-11-13-7-10-19-20-13/h7,10,21H,4-6,8-9,11-12H2,1-3H3,(H,19,20)(H2,16,17,18). The van der Waals surface area contributed by atoms with E-state index in [4.69, 9.17) is 0 Å². The Morgan fingerprint density at radius 2 is 2.00 bits per heavy atom. The molecule has 1 heterocycles. The van der Waals surface area contributed by atoms with E-state index in [2.05, 4.69) is 39.7 Å². The second-order valence-corrected chi connectivity index (χ2v) is 5.35. The van der Waals surface area contributed by atoms with Crippen molar-refractivity contribution in [1.29, 1.82) is 0 Å². The van der Waals surface area contributed by atoms with E-state index < -0.39 is 5.60 Å². The van der Waals surface area contributed by atoms with Crippen molar-refractivity contribution in [3.8, 4) is 0 Å². The molecule has 0 aliphatic rings. The average molecular weight is 295 g/mol. The van der Waals surface area contributed by atoms with Crippen molar-refractivity contribution in [2.75, 3.05) is 13.1 Å². The average Bonchev–Trinajstić information content (AvgIpc) is 2.96. The van der Waals surface area contributed by atoms with Gasteiger partial charge in [0.05, 0.1) is 17.8 Å². The van der Waals surface area contributed by atoms with Gasteiger partial charge in [-0.05, 0) is 25.8 Å². The molecule has 1 aromatic heterocycles. The normalized spacial score (nSPS) is 12.5. The Morgan fingerprint density at radius 1 is 1.29 bits per heavy atom. The number of rotatable bonds is 9. The first-order valence-corrected chi connectivity index (χ1v) is 7.86. The molecule has 0 amide bonds. The fourth-order valence-electron chi connectivity index (χ4n) is 2.36. The molecule has 0 bridgehead atoms. The van der Waals surface area contributed by atoms with Gasteiger partial charge in [0.1, 0.15) is 0 Å². The van der Waals surface area contributed by atoms with E-state index in [1.165, 1.54) is 0 Å². The first kappa shape index (κ1) is 17.5. The summed E-state index contributed by atoms with van der Waals surface area (Å²) in [6.07, 6.45) is 5.26. The van der Waals surface area contributed by atoms with Crippen molar-refractivity contribution in [2.24, 2.45) is 4.99 Å². The van der Waals surface area contributed by atoms with Crippen LogP contribution >= 0.6 is 0 Å². The molecule has 0 aromatic carbocycles. The zero-order valence-corrected chi connectivity index (χ0v) is 13.4. The predicted molar refractivity (Wildman–Crippen MR) is 86.2 cm³/mol. The van der Waals surface area contributed by atoms with E-state index in [1.807, 2.05) is 13.0 Å². The van der Waals surface area contributed by atoms with Gasteiger partial charge in [-0.15, -0.1) is 0 Å². The fraction of sp³-hybridized carbons (Fsp3) is 0.733. The second kappa shape index (κ2) is 9.39. The maximum absolute atomic E-state index is 10.6. The Bertz CT molecular complexity index is 396. The highest BCUT2D eigenvalue weighted by molar-refractivity contribution is 5.79. The largest absolute Gasteiger partial charge is 0.388 e. The highest BCUT2D eigenvalue weighted by Gasteiger charge is 2.24. The van der Waals surface area contributed by atoms with Crippen molar-refractivity contribution in [2.45, 2.75) is 58.6 Å². The molecule has 0 fully saturated rings. The molecule has 21 heavy (non-hydrogen) atoms. The van der Waals surface area contributed by atoms with Gasteiger partial charge in [0.25, 0.3) is 0 Å². The highest BCUT2D eigenvalue weighted by atomic mass is 16.3. The summed E-state index contributed by atoms with van der Waals surface area (Å²) in [7, 11) is 0. The van der Waals surface area contributed by atoms with Gasteiger partial charge in [0, 0.05) is 19.3 Å². The highest BCUT2D eigenvalue weighted by Crippen LogP contribution is 2.18. The van der Waals surface area contributed by atoms with E-state index in [-0.39, 0.29) is 0 Å². The molecule has 4 N–H and O–H groups in total. The molecule has 120 valence electrons. The van der Waals surface area contributed by atoms with E-state index in [1.54, 1.807) is 6.20 Å². The van der Waals surface area contributed by atoms with Crippen LogP contribution < -0.4 is 10.6 Å². The molecule has 0 aliphatic heterocycles. The molecule has 6 nitrogen and oxygen atoms in total. The molecule has 0 radical (unpaired) electrons. The number of aromatic nitrogens is 2. The molecule has 0 saturated carbocycles. The zero-order valence-electron chi connectivity index (χ0n) is 13.4. The molecule has 1 aromatic rings. The Hall–Kier alpha value is -1.56. The summed E-state index contributed by atoms with van der Waals surface area (Å²) < 4.78 is 0. The lowest BCUT2D eigenvalue weighted by molar-refractivity contribution is 0.0257. The van der Waals surface area contributed by atoms with Crippen LogP contribution in [0.25, 0.3) is 0 Å². The maximum Gasteiger partial charge on any atom is 0.191 e. The second-order valence-electron chi connectivity index (χ2n) is 5.35. The van der Waals surface area contributed by atoms with Gasteiger partial charge < -0.3 is 15.7 Å². The molecule has 0 atom stereocenters. The van der Waals surface area contributed by atoms with E-state index in [0.29, 0.717) is 13.1 Å². The van der Waals surface area contributed by atoms with Crippen LogP contribution in [-0.2, 0) is 6.54 Å². The summed E-state index contributed by atoms with van der Waals surface area (Å²) in [5.74, 6) is 0.720. The van der Waals surface area contributed by atoms with Gasteiger partial charge in [0.2, 0.25) is 0 Å². The van der Waals surface area contributed by atoms with Crippen LogP contribution in [0.2, 0.25) is 0 Å². The van der Waals surface area contributed by atoms with Crippen LogP contribution in [0.1, 0.15) is 52.1 Å². The predicted octanol–water partition coefficient (Wildman–Crippen LogP) is 1.80. The van der Waals surface area contributed by atoms with Gasteiger partial charge in [0.15, 0.2) is 5.96 Å². The monoisotopic (exact) mass is 295 g/mol. The van der Waals surface area contributed by atoms with E-state index in [0.717, 1.165) is 43.9 Å². The van der Waals surface area contributed by atoms with Crippen LogP contribution in [0.4, 0.5) is 0 Å². The molecular weight excluding hydrogens is 266 g/mol. The number of aliphatic hydroxyl groups is 1. The van der Waals surface area contributed by atoms with E-state index >= 15 is 0 Å². The first-order valence-electron chi connectivity index (χ1n) is 7.86. The molecule has 0 unspecified atom stereocenters. The van der Waals surface area contributed by atoms with Gasteiger partial charge >= 0.3 is 0 Å². The van der Waals surface area contributed by atoms with Gasteiger partial charge in [-0.1, -0.05) is 26.7 Å². The smallest absolute Gasteiger partial charge is 0.191 e. The lowest BCUT2D eigenvalue weighted by Gasteiger charge is -2.28. The number of nitrogens with zero attached hydrogens (tertiary/aromatic N) is 2. The van der Waals surface area contributed by atoms with Crippen molar-refractivity contribution >= 4 is 5.96 Å². The lowest BCUT2D eigenvalue weighted by Crippen LogP contribution is -2.47. The molecule has 0 spiro atoms. The van der Waals surface area contributed by atoms with Crippen molar-refractivity contribution in [3.63, 3.8) is 0 Å². The van der Waals surface area contributed by atoms with Crippen LogP contribution in [0, 0.1) is 0 Å². The molecule has 0 saturated heterocycles. The first-order chi connectivity index (χ1) is 10.1. The number of aliphatic imine (C=N–C) groups is 1. The van der Waals surface area contributed by atoms with Crippen LogP contribution in [-0.4, -0.2) is 40.0 Å². The molecule has 1 rings (SSSR count). The maximum atomic E-state index is 10.6. The quantitative estimate of drug-likeness (QED) is 0.413. The van der Waals surface area contributed by atoms with Crippen molar-refractivity contribution < 1.29 is 5.11 Å². The zero-order chi connectivity index (χ0) is 15.6. The minimum atomic E-state index is -0.659. The Morgan fingerprint density at radius 3 is 2.52 bits per heavy atom. The topological polar surface area (TPSA) is 85.3 Å². The van der Waals surface area contributed by atoms with Gasteiger partial charge in [-0.25, -0.2) is 4.99 Å². The number of guanidine groups is 1. The third-order valence-electron chi connectivity index (χ3n) is 3.33. The minimum Gasteiger partial charge on any atom is -0.388 e. The van der Waals surface area contributed by atoms with Crippen molar-refractivity contribution in [3.05, 3.63) is 18.0 Å². The summed E-state index contributed by atoms with van der Waals surface area (Å²) in [5.41, 5.74) is 0.304. The number of H-pyrrole nitrogens is 1. The van der Waals surface area contributed by atoms with Gasteiger partial charge in [-0.3, -0.25) is 5.10 Å². The SMILES string of the molecule is CCCC(O)(CCC)CNC(=NCc1ccn[nH]1)NCC. The molecule has 0 aliphatic carbocycles. The minimum absolute atomic E-state index is 0.517. The Labute approximate surface area is 127 Å². The molecule has 6 heteroatoms. The van der Waals surface area contributed by atoms with Crippen LogP contribution in [0.5, 0.6) is 0 Å². The number of hydrogen-bond donors (Lipinski definition) is 4. The summed E-state index contributed by atoms with van der Waals surface area (Å²) in [6.45, 7) is 8.06.